The van der Waals surface area contributed by atoms with Crippen LogP contribution in [0.5, 0.6) is 0 Å². The Labute approximate surface area is 104 Å². The lowest BCUT2D eigenvalue weighted by atomic mass is 9.82. The smallest absolute Gasteiger partial charge is 0.236 e. The number of methoxy groups -OCH3 is 1. The van der Waals surface area contributed by atoms with Crippen LogP contribution in [0.25, 0.3) is 0 Å². The van der Waals surface area contributed by atoms with Crippen LogP contribution in [-0.4, -0.2) is 63.2 Å². The van der Waals surface area contributed by atoms with Gasteiger partial charge in [0.05, 0.1) is 13.2 Å². The number of likely N-dealkylation sites (N-methyl/N-ethyl adjacent to an activating group) is 1. The molecular weight excluding hydrogens is 216 g/mol. The Morgan fingerprint density at radius 1 is 1.53 bits per heavy atom. The molecule has 0 aromatic rings. The highest BCUT2D eigenvalue weighted by molar-refractivity contribution is 5.78. The minimum absolute atomic E-state index is 0.261. The quantitative estimate of drug-likeness (QED) is 0.729. The van der Waals surface area contributed by atoms with Crippen LogP contribution in [0, 0.1) is 11.3 Å². The Bertz CT molecular complexity index is 293. The number of hydrogen-bond acceptors (Lipinski definition) is 3. The Kier molecular flexibility index (Phi) is 3.73. The lowest BCUT2D eigenvalue weighted by molar-refractivity contribution is -0.131. The van der Waals surface area contributed by atoms with Gasteiger partial charge < -0.3 is 14.5 Å². The van der Waals surface area contributed by atoms with Crippen molar-refractivity contribution in [3.63, 3.8) is 0 Å². The zero-order valence-corrected chi connectivity index (χ0v) is 11.2. The SMILES string of the molecule is COC[C@]12CCC[C@H]1CN(C(=O)CN(C)C)C2. The van der Waals surface area contributed by atoms with E-state index in [2.05, 4.69) is 0 Å². The zero-order valence-electron chi connectivity index (χ0n) is 11.2. The summed E-state index contributed by atoms with van der Waals surface area (Å²) in [7, 11) is 5.66. The first-order valence-electron chi connectivity index (χ1n) is 6.49. The number of nitrogens with zero attached hydrogens (tertiary/aromatic N) is 2. The molecule has 1 amide bonds. The Morgan fingerprint density at radius 3 is 2.94 bits per heavy atom. The largest absolute Gasteiger partial charge is 0.384 e. The summed E-state index contributed by atoms with van der Waals surface area (Å²) in [6.07, 6.45) is 3.77. The van der Waals surface area contributed by atoms with Crippen molar-refractivity contribution in [3.05, 3.63) is 0 Å². The lowest BCUT2D eigenvalue weighted by Gasteiger charge is -2.27. The van der Waals surface area contributed by atoms with Crippen molar-refractivity contribution in [1.29, 1.82) is 0 Å². The van der Waals surface area contributed by atoms with E-state index in [9.17, 15) is 4.79 Å². The Hall–Kier alpha value is -0.610. The van der Waals surface area contributed by atoms with Gasteiger partial charge in [-0.1, -0.05) is 6.42 Å². The summed E-state index contributed by atoms with van der Waals surface area (Å²) in [5, 5.41) is 0. The average molecular weight is 240 g/mol. The second-order valence-electron chi connectivity index (χ2n) is 5.90. The van der Waals surface area contributed by atoms with Gasteiger partial charge in [0.15, 0.2) is 0 Å². The van der Waals surface area contributed by atoms with Gasteiger partial charge in [-0.3, -0.25) is 4.79 Å². The minimum Gasteiger partial charge on any atom is -0.384 e. The third-order valence-electron chi connectivity index (χ3n) is 4.28. The van der Waals surface area contributed by atoms with Gasteiger partial charge >= 0.3 is 0 Å². The van der Waals surface area contributed by atoms with Crippen LogP contribution in [0.2, 0.25) is 0 Å². The van der Waals surface area contributed by atoms with Gasteiger partial charge in [-0.2, -0.15) is 0 Å². The van der Waals surface area contributed by atoms with Crippen LogP contribution < -0.4 is 0 Å². The maximum Gasteiger partial charge on any atom is 0.236 e. The fourth-order valence-corrected chi connectivity index (χ4v) is 3.50. The second kappa shape index (κ2) is 4.94. The van der Waals surface area contributed by atoms with Gasteiger partial charge in [0, 0.05) is 25.6 Å². The molecule has 2 rings (SSSR count). The predicted octanol–water partition coefficient (Wildman–Crippen LogP) is 0.823. The van der Waals surface area contributed by atoms with Crippen molar-refractivity contribution < 1.29 is 9.53 Å². The summed E-state index contributed by atoms with van der Waals surface area (Å²) in [6.45, 7) is 3.17. The molecule has 1 heterocycles. The van der Waals surface area contributed by atoms with Crippen LogP contribution >= 0.6 is 0 Å². The molecule has 1 saturated heterocycles. The number of ether oxygens (including phenoxy) is 1. The van der Waals surface area contributed by atoms with E-state index in [1.54, 1.807) is 7.11 Å². The van der Waals surface area contributed by atoms with Gasteiger partial charge in [0.2, 0.25) is 5.91 Å². The average Bonchev–Trinajstić information content (AvgIpc) is 2.73. The summed E-state index contributed by atoms with van der Waals surface area (Å²) in [5.41, 5.74) is 0.261. The van der Waals surface area contributed by atoms with Crippen LogP contribution in [0.4, 0.5) is 0 Å². The molecule has 2 atom stereocenters. The van der Waals surface area contributed by atoms with Crippen molar-refractivity contribution in [1.82, 2.24) is 9.80 Å². The van der Waals surface area contributed by atoms with Crippen molar-refractivity contribution in [3.8, 4) is 0 Å². The van der Waals surface area contributed by atoms with Crippen LogP contribution in [-0.2, 0) is 9.53 Å². The van der Waals surface area contributed by atoms with Crippen molar-refractivity contribution in [2.24, 2.45) is 11.3 Å². The van der Waals surface area contributed by atoms with Gasteiger partial charge in [-0.15, -0.1) is 0 Å². The van der Waals surface area contributed by atoms with E-state index in [1.807, 2.05) is 23.9 Å². The highest BCUT2D eigenvalue weighted by Gasteiger charge is 2.50. The van der Waals surface area contributed by atoms with E-state index >= 15 is 0 Å². The van der Waals surface area contributed by atoms with Gasteiger partial charge in [0.25, 0.3) is 0 Å². The molecule has 0 bridgehead atoms. The third-order valence-corrected chi connectivity index (χ3v) is 4.28. The fourth-order valence-electron chi connectivity index (χ4n) is 3.50. The number of amides is 1. The number of hydrogen-bond donors (Lipinski definition) is 0. The van der Waals surface area contributed by atoms with Crippen LogP contribution in [0.15, 0.2) is 0 Å². The number of carbonyl (C=O) groups is 1. The second-order valence-corrected chi connectivity index (χ2v) is 5.90. The first-order valence-corrected chi connectivity index (χ1v) is 6.49. The first-order chi connectivity index (χ1) is 8.07. The molecule has 4 heteroatoms. The first kappa shape index (κ1) is 12.8. The summed E-state index contributed by atoms with van der Waals surface area (Å²) < 4.78 is 5.39. The maximum absolute atomic E-state index is 12.1. The molecule has 98 valence electrons. The Balaban J connectivity index is 2.00. The van der Waals surface area contributed by atoms with E-state index < -0.39 is 0 Å². The van der Waals surface area contributed by atoms with Gasteiger partial charge in [-0.05, 0) is 32.9 Å². The molecule has 0 unspecified atom stereocenters. The summed E-state index contributed by atoms with van der Waals surface area (Å²) in [4.78, 5) is 16.1. The number of carbonyl (C=O) groups excluding carboxylic acids is 1. The normalized spacial score (nSPS) is 32.2. The van der Waals surface area contributed by atoms with Crippen molar-refractivity contribution >= 4 is 5.91 Å². The van der Waals surface area contributed by atoms with Crippen LogP contribution in [0.1, 0.15) is 19.3 Å². The fraction of sp³-hybridized carbons (Fsp3) is 0.923. The number of likely N-dealkylation sites (tertiary alicyclic amines) is 1. The standard InChI is InChI=1S/C13H24N2O2/c1-14(2)8-12(16)15-7-11-5-4-6-13(11,9-15)10-17-3/h11H,4-10H2,1-3H3/t11-,13+/m0/s1. The van der Waals surface area contributed by atoms with E-state index in [1.165, 1.54) is 19.3 Å². The molecule has 0 spiro atoms. The summed E-state index contributed by atoms with van der Waals surface area (Å²) >= 11 is 0. The predicted molar refractivity (Wildman–Crippen MR) is 66.8 cm³/mol. The molecule has 4 nitrogen and oxygen atoms in total. The summed E-state index contributed by atoms with van der Waals surface area (Å²) in [6, 6.07) is 0. The summed E-state index contributed by atoms with van der Waals surface area (Å²) in [5.74, 6) is 0.924. The molecule has 1 aliphatic heterocycles. The van der Waals surface area contributed by atoms with E-state index in [0.29, 0.717) is 12.5 Å². The molecule has 2 fully saturated rings. The Morgan fingerprint density at radius 2 is 2.29 bits per heavy atom. The van der Waals surface area contributed by atoms with E-state index in [0.717, 1.165) is 19.7 Å². The molecule has 1 aliphatic carbocycles. The number of fused-ring (bicyclic) bond motifs is 1. The molecule has 0 radical (unpaired) electrons. The van der Waals surface area contributed by atoms with Crippen molar-refractivity contribution in [2.45, 2.75) is 19.3 Å². The third kappa shape index (κ3) is 2.47. The molecule has 0 aromatic heterocycles. The zero-order chi connectivity index (χ0) is 12.5. The molecule has 0 aromatic carbocycles. The molecular formula is C13H24N2O2. The molecule has 1 saturated carbocycles. The van der Waals surface area contributed by atoms with Gasteiger partial charge in [-0.25, -0.2) is 0 Å². The van der Waals surface area contributed by atoms with Gasteiger partial charge in [0.1, 0.15) is 0 Å². The molecule has 0 N–H and O–H groups in total. The highest BCUT2D eigenvalue weighted by Crippen LogP contribution is 2.48. The van der Waals surface area contributed by atoms with Crippen LogP contribution in [0.3, 0.4) is 0 Å². The highest BCUT2D eigenvalue weighted by atomic mass is 16.5. The minimum atomic E-state index is 0.261. The van der Waals surface area contributed by atoms with E-state index in [4.69, 9.17) is 4.74 Å². The molecule has 17 heavy (non-hydrogen) atoms. The molecule has 2 aliphatic rings. The number of rotatable bonds is 4. The maximum atomic E-state index is 12.1. The topological polar surface area (TPSA) is 32.8 Å². The van der Waals surface area contributed by atoms with E-state index in [-0.39, 0.29) is 11.3 Å². The van der Waals surface area contributed by atoms with Crippen molar-refractivity contribution in [2.75, 3.05) is 47.4 Å². The monoisotopic (exact) mass is 240 g/mol. The lowest BCUT2D eigenvalue weighted by Crippen LogP contribution is -2.38.